The first-order valence-corrected chi connectivity index (χ1v) is 5.27. The summed E-state index contributed by atoms with van der Waals surface area (Å²) >= 11 is 0. The van der Waals surface area contributed by atoms with Crippen molar-refractivity contribution in [3.63, 3.8) is 0 Å². The van der Waals surface area contributed by atoms with Crippen molar-refractivity contribution >= 4 is 5.69 Å². The van der Waals surface area contributed by atoms with Crippen LogP contribution in [0.15, 0.2) is 24.3 Å². The zero-order valence-corrected chi connectivity index (χ0v) is 8.90. The fourth-order valence-corrected chi connectivity index (χ4v) is 2.45. The van der Waals surface area contributed by atoms with Gasteiger partial charge >= 0.3 is 0 Å². The molecule has 2 unspecified atom stereocenters. The molecule has 1 heterocycles. The molecule has 1 aromatic carbocycles. The van der Waals surface area contributed by atoms with Gasteiger partial charge in [0.15, 0.2) is 0 Å². The minimum Gasteiger partial charge on any atom is -0.371 e. The molecule has 2 N–H and O–H groups in total. The van der Waals surface area contributed by atoms with Crippen molar-refractivity contribution in [2.75, 3.05) is 18.5 Å². The molecule has 1 aliphatic rings. The summed E-state index contributed by atoms with van der Waals surface area (Å²) in [6.07, 6.45) is 1.09. The van der Waals surface area contributed by atoms with E-state index in [9.17, 15) is 0 Å². The van der Waals surface area contributed by atoms with Crippen molar-refractivity contribution < 1.29 is 0 Å². The lowest BCUT2D eigenvalue weighted by Crippen LogP contribution is -2.28. The van der Waals surface area contributed by atoms with Crippen molar-refractivity contribution in [2.24, 2.45) is 5.73 Å². The third-order valence-electron chi connectivity index (χ3n) is 3.39. The molecule has 2 heteroatoms. The van der Waals surface area contributed by atoms with Gasteiger partial charge in [-0.3, -0.25) is 0 Å². The lowest BCUT2D eigenvalue weighted by atomic mass is 9.93. The summed E-state index contributed by atoms with van der Waals surface area (Å²) in [5, 5.41) is 0. The molecule has 76 valence electrons. The molecule has 1 aromatic rings. The van der Waals surface area contributed by atoms with Gasteiger partial charge in [0.1, 0.15) is 0 Å². The number of para-hydroxylation sites is 1. The molecule has 0 saturated heterocycles. The molecule has 0 fully saturated rings. The SMILES string of the molecule is CC1C(CCN)c2ccccc2N1C. The van der Waals surface area contributed by atoms with Gasteiger partial charge in [-0.15, -0.1) is 0 Å². The second kappa shape index (κ2) is 3.62. The van der Waals surface area contributed by atoms with E-state index in [2.05, 4.69) is 43.1 Å². The van der Waals surface area contributed by atoms with Crippen LogP contribution in [0.2, 0.25) is 0 Å². The summed E-state index contributed by atoms with van der Waals surface area (Å²) in [4.78, 5) is 2.36. The van der Waals surface area contributed by atoms with Gasteiger partial charge in [-0.2, -0.15) is 0 Å². The predicted molar refractivity (Wildman–Crippen MR) is 60.7 cm³/mol. The van der Waals surface area contributed by atoms with E-state index in [1.54, 1.807) is 0 Å². The molecule has 0 bridgehead atoms. The van der Waals surface area contributed by atoms with Crippen LogP contribution in [-0.4, -0.2) is 19.6 Å². The fraction of sp³-hybridized carbons (Fsp3) is 0.500. The van der Waals surface area contributed by atoms with E-state index in [0.717, 1.165) is 13.0 Å². The van der Waals surface area contributed by atoms with Gasteiger partial charge in [-0.25, -0.2) is 0 Å². The standard InChI is InChI=1S/C12H18N2/c1-9-10(7-8-13)11-5-3-4-6-12(11)14(9)2/h3-6,9-10H,7-8,13H2,1-2H3. The number of likely N-dealkylation sites (N-methyl/N-ethyl adjacent to an activating group) is 1. The Morgan fingerprint density at radius 2 is 2.07 bits per heavy atom. The van der Waals surface area contributed by atoms with E-state index in [0.29, 0.717) is 12.0 Å². The Morgan fingerprint density at radius 1 is 1.36 bits per heavy atom. The van der Waals surface area contributed by atoms with Crippen LogP contribution in [-0.2, 0) is 0 Å². The fourth-order valence-electron chi connectivity index (χ4n) is 2.45. The van der Waals surface area contributed by atoms with E-state index in [4.69, 9.17) is 5.73 Å². The third-order valence-corrected chi connectivity index (χ3v) is 3.39. The Balaban J connectivity index is 2.37. The second-order valence-corrected chi connectivity index (χ2v) is 4.09. The average Bonchev–Trinajstić information content (AvgIpc) is 2.45. The topological polar surface area (TPSA) is 29.3 Å². The normalized spacial score (nSPS) is 25.2. The Labute approximate surface area is 85.7 Å². The first-order valence-electron chi connectivity index (χ1n) is 5.27. The number of rotatable bonds is 2. The van der Waals surface area contributed by atoms with Crippen molar-refractivity contribution in [3.05, 3.63) is 29.8 Å². The summed E-state index contributed by atoms with van der Waals surface area (Å²) in [6, 6.07) is 9.23. The van der Waals surface area contributed by atoms with Gasteiger partial charge in [0, 0.05) is 24.7 Å². The highest BCUT2D eigenvalue weighted by atomic mass is 15.2. The summed E-state index contributed by atoms with van der Waals surface area (Å²) in [6.45, 7) is 3.05. The number of hydrogen-bond acceptors (Lipinski definition) is 2. The predicted octanol–water partition coefficient (Wildman–Crippen LogP) is 1.96. The monoisotopic (exact) mass is 190 g/mol. The largest absolute Gasteiger partial charge is 0.371 e. The summed E-state index contributed by atoms with van der Waals surface area (Å²) in [5.74, 6) is 0.612. The first-order chi connectivity index (χ1) is 6.75. The molecule has 2 rings (SSSR count). The Bertz CT molecular complexity index is 322. The van der Waals surface area contributed by atoms with Gasteiger partial charge < -0.3 is 10.6 Å². The number of benzene rings is 1. The Morgan fingerprint density at radius 3 is 2.79 bits per heavy atom. The average molecular weight is 190 g/mol. The van der Waals surface area contributed by atoms with Crippen LogP contribution in [0.25, 0.3) is 0 Å². The molecular formula is C12H18N2. The van der Waals surface area contributed by atoms with Crippen LogP contribution in [0.1, 0.15) is 24.8 Å². The summed E-state index contributed by atoms with van der Waals surface area (Å²) in [5.41, 5.74) is 8.49. The minimum absolute atomic E-state index is 0.580. The zero-order chi connectivity index (χ0) is 10.1. The van der Waals surface area contributed by atoms with Gasteiger partial charge in [0.25, 0.3) is 0 Å². The molecule has 1 aliphatic heterocycles. The second-order valence-electron chi connectivity index (χ2n) is 4.09. The minimum atomic E-state index is 0.580. The molecule has 2 nitrogen and oxygen atoms in total. The van der Waals surface area contributed by atoms with Crippen LogP contribution in [0.5, 0.6) is 0 Å². The lowest BCUT2D eigenvalue weighted by molar-refractivity contribution is 0.552. The molecule has 0 aromatic heterocycles. The van der Waals surface area contributed by atoms with Crippen molar-refractivity contribution in [3.8, 4) is 0 Å². The molecule has 0 spiro atoms. The van der Waals surface area contributed by atoms with Gasteiger partial charge in [-0.05, 0) is 31.5 Å². The molecular weight excluding hydrogens is 172 g/mol. The summed E-state index contributed by atoms with van der Waals surface area (Å²) in [7, 11) is 2.17. The number of hydrogen-bond donors (Lipinski definition) is 1. The zero-order valence-electron chi connectivity index (χ0n) is 8.90. The molecule has 0 radical (unpaired) electrons. The highest BCUT2D eigenvalue weighted by Gasteiger charge is 2.31. The molecule has 14 heavy (non-hydrogen) atoms. The molecule has 0 saturated carbocycles. The maximum absolute atomic E-state index is 5.65. The maximum Gasteiger partial charge on any atom is 0.0402 e. The van der Waals surface area contributed by atoms with Gasteiger partial charge in [-0.1, -0.05) is 18.2 Å². The van der Waals surface area contributed by atoms with Gasteiger partial charge in [0.2, 0.25) is 0 Å². The number of anilines is 1. The number of nitrogens with zero attached hydrogens (tertiary/aromatic N) is 1. The van der Waals surface area contributed by atoms with E-state index < -0.39 is 0 Å². The van der Waals surface area contributed by atoms with Crippen molar-refractivity contribution in [1.29, 1.82) is 0 Å². The first kappa shape index (κ1) is 9.53. The van der Waals surface area contributed by atoms with E-state index in [-0.39, 0.29) is 0 Å². The Kier molecular flexibility index (Phi) is 2.46. The number of nitrogens with two attached hydrogens (primary N) is 1. The smallest absolute Gasteiger partial charge is 0.0402 e. The van der Waals surface area contributed by atoms with E-state index in [1.807, 2.05) is 0 Å². The highest BCUT2D eigenvalue weighted by Crippen LogP contribution is 2.40. The third kappa shape index (κ3) is 1.30. The molecule has 0 aliphatic carbocycles. The highest BCUT2D eigenvalue weighted by molar-refractivity contribution is 5.60. The molecule has 0 amide bonds. The van der Waals surface area contributed by atoms with Crippen LogP contribution < -0.4 is 10.6 Å². The quantitative estimate of drug-likeness (QED) is 0.772. The summed E-state index contributed by atoms with van der Waals surface area (Å²) < 4.78 is 0. The molecule has 2 atom stereocenters. The van der Waals surface area contributed by atoms with Gasteiger partial charge in [0.05, 0.1) is 0 Å². The van der Waals surface area contributed by atoms with Crippen LogP contribution >= 0.6 is 0 Å². The van der Waals surface area contributed by atoms with Crippen LogP contribution in [0.3, 0.4) is 0 Å². The lowest BCUT2D eigenvalue weighted by Gasteiger charge is -2.22. The van der Waals surface area contributed by atoms with Crippen molar-refractivity contribution in [1.82, 2.24) is 0 Å². The van der Waals surface area contributed by atoms with E-state index >= 15 is 0 Å². The maximum atomic E-state index is 5.65. The van der Waals surface area contributed by atoms with Crippen LogP contribution in [0, 0.1) is 0 Å². The van der Waals surface area contributed by atoms with Crippen molar-refractivity contribution in [2.45, 2.75) is 25.3 Å². The Hall–Kier alpha value is -1.02. The van der Waals surface area contributed by atoms with Crippen LogP contribution in [0.4, 0.5) is 5.69 Å². The number of fused-ring (bicyclic) bond motifs is 1. The van der Waals surface area contributed by atoms with E-state index in [1.165, 1.54) is 11.3 Å².